The third-order valence-electron chi connectivity index (χ3n) is 4.42. The molecular formula is C17H20N4O2S. The first kappa shape index (κ1) is 15.5. The van der Waals surface area contributed by atoms with Gasteiger partial charge in [0, 0.05) is 37.4 Å². The standard InChI is InChI=1S/C17H20N4O2S/c1-2-18-16-8-11-9-21(5-3-13(11)19-20-16)17(22)15-7-12-10-23-6-4-14(12)24-15/h7-8H,2-6,9-10H2,1H3,(H,18,20). The number of anilines is 1. The van der Waals surface area contributed by atoms with Crippen LogP contribution in [0.25, 0.3) is 0 Å². The molecule has 0 atom stereocenters. The van der Waals surface area contributed by atoms with E-state index in [0.29, 0.717) is 19.7 Å². The zero-order valence-corrected chi connectivity index (χ0v) is 14.5. The molecule has 0 unspecified atom stereocenters. The van der Waals surface area contributed by atoms with Crippen LogP contribution in [0.2, 0.25) is 0 Å². The van der Waals surface area contributed by atoms with Gasteiger partial charge in [-0.3, -0.25) is 4.79 Å². The highest BCUT2D eigenvalue weighted by molar-refractivity contribution is 7.14. The molecule has 2 aliphatic rings. The van der Waals surface area contributed by atoms with Gasteiger partial charge in [-0.2, -0.15) is 5.10 Å². The van der Waals surface area contributed by atoms with Crippen LogP contribution in [0.3, 0.4) is 0 Å². The minimum absolute atomic E-state index is 0.113. The number of carbonyl (C=O) groups is 1. The van der Waals surface area contributed by atoms with Gasteiger partial charge in [0.15, 0.2) is 0 Å². The smallest absolute Gasteiger partial charge is 0.264 e. The van der Waals surface area contributed by atoms with Crippen molar-refractivity contribution in [1.29, 1.82) is 0 Å². The second kappa shape index (κ2) is 6.49. The summed E-state index contributed by atoms with van der Waals surface area (Å²) in [6, 6.07) is 4.02. The van der Waals surface area contributed by atoms with Crippen LogP contribution in [0, 0.1) is 0 Å². The van der Waals surface area contributed by atoms with Crippen LogP contribution in [0.1, 0.15) is 38.3 Å². The molecule has 2 aromatic heterocycles. The molecule has 126 valence electrons. The summed E-state index contributed by atoms with van der Waals surface area (Å²) >= 11 is 1.62. The SMILES string of the molecule is CCNc1cc2c(nn1)CCN(C(=O)c1cc3c(s1)CCOC3)C2. The number of hydrogen-bond donors (Lipinski definition) is 1. The maximum Gasteiger partial charge on any atom is 0.264 e. The third-order valence-corrected chi connectivity index (χ3v) is 5.65. The number of carbonyl (C=O) groups excluding carboxylic acids is 1. The first-order chi connectivity index (χ1) is 11.7. The number of ether oxygens (including phenoxy) is 1. The minimum atomic E-state index is 0.113. The first-order valence-electron chi connectivity index (χ1n) is 8.32. The number of thiophene rings is 1. The lowest BCUT2D eigenvalue weighted by atomic mass is 10.1. The number of fused-ring (bicyclic) bond motifs is 2. The van der Waals surface area contributed by atoms with E-state index in [1.165, 1.54) is 10.4 Å². The Hall–Kier alpha value is -1.99. The Morgan fingerprint density at radius 3 is 3.08 bits per heavy atom. The molecule has 0 fully saturated rings. The number of rotatable bonds is 3. The predicted octanol–water partition coefficient (Wildman–Crippen LogP) is 2.24. The summed E-state index contributed by atoms with van der Waals surface area (Å²) in [5.41, 5.74) is 3.26. The molecule has 0 saturated carbocycles. The van der Waals surface area contributed by atoms with Crippen LogP contribution in [-0.2, 0) is 30.7 Å². The Morgan fingerprint density at radius 1 is 1.33 bits per heavy atom. The van der Waals surface area contributed by atoms with Gasteiger partial charge in [0.1, 0.15) is 5.82 Å². The molecule has 0 aromatic carbocycles. The fourth-order valence-electron chi connectivity index (χ4n) is 3.18. The molecule has 0 aliphatic carbocycles. The van der Waals surface area contributed by atoms with Crippen LogP contribution in [0.4, 0.5) is 5.82 Å². The van der Waals surface area contributed by atoms with E-state index in [4.69, 9.17) is 4.74 Å². The normalized spacial score (nSPS) is 16.5. The van der Waals surface area contributed by atoms with E-state index < -0.39 is 0 Å². The number of amides is 1. The number of nitrogens with one attached hydrogen (secondary N) is 1. The average molecular weight is 344 g/mol. The van der Waals surface area contributed by atoms with Crippen molar-refractivity contribution in [3.8, 4) is 0 Å². The molecule has 4 rings (SSSR count). The molecule has 0 spiro atoms. The van der Waals surface area contributed by atoms with Gasteiger partial charge in [-0.05, 0) is 30.2 Å². The van der Waals surface area contributed by atoms with Gasteiger partial charge in [-0.15, -0.1) is 16.4 Å². The van der Waals surface area contributed by atoms with Gasteiger partial charge in [0.05, 0.1) is 23.8 Å². The van der Waals surface area contributed by atoms with Crippen molar-refractivity contribution in [2.45, 2.75) is 32.9 Å². The van der Waals surface area contributed by atoms with Gasteiger partial charge < -0.3 is 15.0 Å². The highest BCUT2D eigenvalue weighted by Gasteiger charge is 2.26. The second-order valence-corrected chi connectivity index (χ2v) is 7.21. The molecule has 1 amide bonds. The Bertz CT molecular complexity index is 750. The third kappa shape index (κ3) is 2.89. The van der Waals surface area contributed by atoms with Crippen molar-refractivity contribution < 1.29 is 9.53 Å². The lowest BCUT2D eigenvalue weighted by Gasteiger charge is -2.27. The second-order valence-electron chi connectivity index (χ2n) is 6.07. The summed E-state index contributed by atoms with van der Waals surface area (Å²) < 4.78 is 5.48. The summed E-state index contributed by atoms with van der Waals surface area (Å²) in [6.07, 6.45) is 1.67. The van der Waals surface area contributed by atoms with E-state index in [1.54, 1.807) is 11.3 Å². The van der Waals surface area contributed by atoms with Crippen molar-refractivity contribution in [3.05, 3.63) is 38.7 Å². The molecule has 0 saturated heterocycles. The van der Waals surface area contributed by atoms with Crippen molar-refractivity contribution in [2.24, 2.45) is 0 Å². The summed E-state index contributed by atoms with van der Waals surface area (Å²) in [4.78, 5) is 16.9. The molecule has 0 radical (unpaired) electrons. The van der Waals surface area contributed by atoms with Crippen LogP contribution < -0.4 is 5.32 Å². The molecular weight excluding hydrogens is 324 g/mol. The van der Waals surface area contributed by atoms with E-state index in [-0.39, 0.29) is 5.91 Å². The quantitative estimate of drug-likeness (QED) is 0.925. The van der Waals surface area contributed by atoms with Gasteiger partial charge >= 0.3 is 0 Å². The van der Waals surface area contributed by atoms with Gasteiger partial charge in [0.2, 0.25) is 0 Å². The first-order valence-corrected chi connectivity index (χ1v) is 9.14. The van der Waals surface area contributed by atoms with Crippen LogP contribution in [-0.4, -0.2) is 40.7 Å². The predicted molar refractivity (Wildman–Crippen MR) is 92.3 cm³/mol. The van der Waals surface area contributed by atoms with Crippen molar-refractivity contribution in [2.75, 3.05) is 25.0 Å². The van der Waals surface area contributed by atoms with E-state index >= 15 is 0 Å². The van der Waals surface area contributed by atoms with E-state index in [2.05, 4.69) is 15.5 Å². The fourth-order valence-corrected chi connectivity index (χ4v) is 4.30. The molecule has 2 aliphatic heterocycles. The lowest BCUT2D eigenvalue weighted by Crippen LogP contribution is -2.36. The highest BCUT2D eigenvalue weighted by Crippen LogP contribution is 2.29. The topological polar surface area (TPSA) is 67.4 Å². The van der Waals surface area contributed by atoms with E-state index in [9.17, 15) is 4.79 Å². The molecule has 7 heteroatoms. The van der Waals surface area contributed by atoms with E-state index in [0.717, 1.165) is 47.9 Å². The van der Waals surface area contributed by atoms with Crippen LogP contribution in [0.5, 0.6) is 0 Å². The molecule has 24 heavy (non-hydrogen) atoms. The maximum absolute atomic E-state index is 12.9. The Morgan fingerprint density at radius 2 is 2.25 bits per heavy atom. The fraction of sp³-hybridized carbons (Fsp3) is 0.471. The minimum Gasteiger partial charge on any atom is -0.376 e. The van der Waals surface area contributed by atoms with Crippen LogP contribution >= 0.6 is 11.3 Å². The Labute approximate surface area is 144 Å². The summed E-state index contributed by atoms with van der Waals surface area (Å²) in [6.45, 7) is 5.51. The summed E-state index contributed by atoms with van der Waals surface area (Å²) in [5, 5.41) is 11.6. The monoisotopic (exact) mass is 344 g/mol. The van der Waals surface area contributed by atoms with Crippen molar-refractivity contribution in [3.63, 3.8) is 0 Å². The molecule has 1 N–H and O–H groups in total. The van der Waals surface area contributed by atoms with Gasteiger partial charge in [-0.25, -0.2) is 0 Å². The summed E-state index contributed by atoms with van der Waals surface area (Å²) in [7, 11) is 0. The lowest BCUT2D eigenvalue weighted by molar-refractivity contribution is 0.0738. The molecule has 6 nitrogen and oxygen atoms in total. The zero-order chi connectivity index (χ0) is 16.5. The number of nitrogens with zero attached hydrogens (tertiary/aromatic N) is 3. The molecule has 2 aromatic rings. The van der Waals surface area contributed by atoms with E-state index in [1.807, 2.05) is 24.0 Å². The average Bonchev–Trinajstić information content (AvgIpc) is 3.05. The van der Waals surface area contributed by atoms with Crippen molar-refractivity contribution in [1.82, 2.24) is 15.1 Å². The van der Waals surface area contributed by atoms with Crippen molar-refractivity contribution >= 4 is 23.1 Å². The zero-order valence-electron chi connectivity index (χ0n) is 13.7. The van der Waals surface area contributed by atoms with Crippen LogP contribution in [0.15, 0.2) is 12.1 Å². The number of hydrogen-bond acceptors (Lipinski definition) is 6. The number of aromatic nitrogens is 2. The molecule has 0 bridgehead atoms. The summed E-state index contributed by atoms with van der Waals surface area (Å²) in [5.74, 6) is 0.885. The Kier molecular flexibility index (Phi) is 4.20. The largest absolute Gasteiger partial charge is 0.376 e. The maximum atomic E-state index is 12.9. The molecule has 4 heterocycles. The van der Waals surface area contributed by atoms with Gasteiger partial charge in [0.25, 0.3) is 5.91 Å². The van der Waals surface area contributed by atoms with Gasteiger partial charge in [-0.1, -0.05) is 0 Å². The Balaban J connectivity index is 1.54. The highest BCUT2D eigenvalue weighted by atomic mass is 32.1.